The van der Waals surface area contributed by atoms with Gasteiger partial charge in [-0.15, -0.1) is 0 Å². The lowest BCUT2D eigenvalue weighted by Crippen LogP contribution is -2.38. The fourth-order valence-electron chi connectivity index (χ4n) is 3.23. The number of nitrogens with one attached hydrogen (secondary N) is 1. The highest BCUT2D eigenvalue weighted by Gasteiger charge is 2.28. The van der Waals surface area contributed by atoms with Crippen molar-refractivity contribution < 1.29 is 14.6 Å². The van der Waals surface area contributed by atoms with Crippen molar-refractivity contribution in [1.82, 2.24) is 5.32 Å². The van der Waals surface area contributed by atoms with Crippen molar-refractivity contribution in [2.75, 3.05) is 13.7 Å². The fourth-order valence-corrected chi connectivity index (χ4v) is 3.23. The van der Waals surface area contributed by atoms with Crippen LogP contribution in [0.2, 0.25) is 0 Å². The Kier molecular flexibility index (Phi) is 3.85. The van der Waals surface area contributed by atoms with Crippen LogP contribution < -0.4 is 14.8 Å². The van der Waals surface area contributed by atoms with Crippen LogP contribution in [0.5, 0.6) is 11.5 Å². The molecule has 2 aliphatic heterocycles. The van der Waals surface area contributed by atoms with Gasteiger partial charge in [-0.1, -0.05) is 6.42 Å². The standard InChI is InChI=1S/C16H23NO3/c1-10-7-11-8-15(19-2)12(9-14(11)20-10)16(18)13-5-3-4-6-17-13/h8-10,13,16-18H,3-7H2,1-2H3. The molecule has 110 valence electrons. The number of aliphatic hydroxyl groups is 1. The fraction of sp³-hybridized carbons (Fsp3) is 0.625. The summed E-state index contributed by atoms with van der Waals surface area (Å²) in [5.74, 6) is 1.66. The second-order valence-electron chi connectivity index (χ2n) is 5.84. The van der Waals surface area contributed by atoms with Crippen LogP contribution in [0.25, 0.3) is 0 Å². The number of aliphatic hydroxyl groups excluding tert-OH is 1. The Morgan fingerprint density at radius 3 is 2.95 bits per heavy atom. The summed E-state index contributed by atoms with van der Waals surface area (Å²) in [6.07, 6.45) is 3.91. The maximum absolute atomic E-state index is 10.7. The van der Waals surface area contributed by atoms with E-state index >= 15 is 0 Å². The smallest absolute Gasteiger partial charge is 0.125 e. The van der Waals surface area contributed by atoms with E-state index in [0.717, 1.165) is 42.9 Å². The Morgan fingerprint density at radius 1 is 1.40 bits per heavy atom. The number of rotatable bonds is 3. The number of ether oxygens (including phenoxy) is 2. The molecular formula is C16H23NO3. The topological polar surface area (TPSA) is 50.7 Å². The Balaban J connectivity index is 1.89. The number of piperidine rings is 1. The van der Waals surface area contributed by atoms with Gasteiger partial charge < -0.3 is 19.9 Å². The molecule has 2 N–H and O–H groups in total. The van der Waals surface area contributed by atoms with E-state index < -0.39 is 6.10 Å². The Hall–Kier alpha value is -1.26. The molecule has 0 radical (unpaired) electrons. The molecular weight excluding hydrogens is 254 g/mol. The van der Waals surface area contributed by atoms with Crippen molar-refractivity contribution in [2.24, 2.45) is 0 Å². The summed E-state index contributed by atoms with van der Waals surface area (Å²) in [7, 11) is 1.66. The first-order valence-electron chi connectivity index (χ1n) is 7.48. The van der Waals surface area contributed by atoms with E-state index in [2.05, 4.69) is 12.2 Å². The lowest BCUT2D eigenvalue weighted by Gasteiger charge is -2.29. The van der Waals surface area contributed by atoms with Gasteiger partial charge in [0.25, 0.3) is 0 Å². The van der Waals surface area contributed by atoms with Crippen molar-refractivity contribution in [2.45, 2.75) is 50.9 Å². The average molecular weight is 277 g/mol. The summed E-state index contributed by atoms with van der Waals surface area (Å²) in [6.45, 7) is 3.04. The minimum absolute atomic E-state index is 0.106. The molecule has 0 aromatic heterocycles. The zero-order chi connectivity index (χ0) is 14.1. The summed E-state index contributed by atoms with van der Waals surface area (Å²) in [5.41, 5.74) is 2.00. The van der Waals surface area contributed by atoms with Gasteiger partial charge in [0.05, 0.1) is 13.2 Å². The second-order valence-corrected chi connectivity index (χ2v) is 5.84. The molecule has 1 aromatic carbocycles. The molecule has 4 nitrogen and oxygen atoms in total. The van der Waals surface area contributed by atoms with E-state index in [4.69, 9.17) is 9.47 Å². The van der Waals surface area contributed by atoms with Gasteiger partial charge >= 0.3 is 0 Å². The van der Waals surface area contributed by atoms with E-state index in [0.29, 0.717) is 0 Å². The van der Waals surface area contributed by atoms with E-state index in [9.17, 15) is 5.11 Å². The maximum Gasteiger partial charge on any atom is 0.125 e. The summed E-state index contributed by atoms with van der Waals surface area (Å²) < 4.78 is 11.3. The molecule has 4 heteroatoms. The normalized spacial score (nSPS) is 26.8. The van der Waals surface area contributed by atoms with Gasteiger partial charge in [0.15, 0.2) is 0 Å². The van der Waals surface area contributed by atoms with Crippen molar-refractivity contribution in [3.63, 3.8) is 0 Å². The quantitative estimate of drug-likeness (QED) is 0.889. The molecule has 1 aromatic rings. The number of benzene rings is 1. The minimum atomic E-state index is -0.546. The summed E-state index contributed by atoms with van der Waals surface area (Å²) >= 11 is 0. The lowest BCUT2D eigenvalue weighted by atomic mass is 9.93. The molecule has 2 aliphatic rings. The summed E-state index contributed by atoms with van der Waals surface area (Å²) in [4.78, 5) is 0. The molecule has 3 atom stereocenters. The van der Waals surface area contributed by atoms with Crippen molar-refractivity contribution in [1.29, 1.82) is 0 Å². The molecule has 0 amide bonds. The number of hydrogen-bond acceptors (Lipinski definition) is 4. The zero-order valence-electron chi connectivity index (χ0n) is 12.2. The third kappa shape index (κ3) is 2.50. The van der Waals surface area contributed by atoms with E-state index in [1.54, 1.807) is 7.11 Å². The molecule has 3 unspecified atom stereocenters. The van der Waals surface area contributed by atoms with Crippen molar-refractivity contribution in [3.8, 4) is 11.5 Å². The first-order chi connectivity index (χ1) is 9.69. The van der Waals surface area contributed by atoms with Gasteiger partial charge in [0.1, 0.15) is 17.6 Å². The zero-order valence-corrected chi connectivity index (χ0v) is 12.2. The molecule has 0 saturated carbocycles. The highest BCUT2D eigenvalue weighted by atomic mass is 16.5. The van der Waals surface area contributed by atoms with Gasteiger partial charge in [-0.25, -0.2) is 0 Å². The lowest BCUT2D eigenvalue weighted by molar-refractivity contribution is 0.110. The van der Waals surface area contributed by atoms with E-state index in [1.165, 1.54) is 12.0 Å². The predicted octanol–water partition coefficient (Wildman–Crippen LogP) is 2.19. The first-order valence-corrected chi connectivity index (χ1v) is 7.48. The van der Waals surface area contributed by atoms with Crippen LogP contribution in [0, 0.1) is 0 Å². The molecule has 20 heavy (non-hydrogen) atoms. The summed E-state index contributed by atoms with van der Waals surface area (Å²) in [6, 6.07) is 4.08. The number of hydrogen-bond donors (Lipinski definition) is 2. The largest absolute Gasteiger partial charge is 0.496 e. The summed E-state index contributed by atoms with van der Waals surface area (Å²) in [5, 5.41) is 14.1. The first kappa shape index (κ1) is 13.7. The average Bonchev–Trinajstić information content (AvgIpc) is 2.85. The molecule has 0 spiro atoms. The maximum atomic E-state index is 10.7. The van der Waals surface area contributed by atoms with Crippen LogP contribution in [0.3, 0.4) is 0 Å². The molecule has 2 heterocycles. The molecule has 0 bridgehead atoms. The van der Waals surface area contributed by atoms with E-state index in [-0.39, 0.29) is 12.1 Å². The molecule has 1 fully saturated rings. The van der Waals surface area contributed by atoms with Gasteiger partial charge in [-0.05, 0) is 38.4 Å². The van der Waals surface area contributed by atoms with E-state index in [1.807, 2.05) is 12.1 Å². The monoisotopic (exact) mass is 277 g/mol. The van der Waals surface area contributed by atoms with Crippen LogP contribution >= 0.6 is 0 Å². The highest BCUT2D eigenvalue weighted by molar-refractivity contribution is 5.49. The Labute approximate surface area is 120 Å². The Bertz CT molecular complexity index is 483. The van der Waals surface area contributed by atoms with Crippen LogP contribution in [0.15, 0.2) is 12.1 Å². The molecule has 1 saturated heterocycles. The highest BCUT2D eigenvalue weighted by Crippen LogP contribution is 2.39. The minimum Gasteiger partial charge on any atom is -0.496 e. The number of methoxy groups -OCH3 is 1. The van der Waals surface area contributed by atoms with Gasteiger partial charge in [0, 0.05) is 23.6 Å². The van der Waals surface area contributed by atoms with Gasteiger partial charge in [0.2, 0.25) is 0 Å². The van der Waals surface area contributed by atoms with Gasteiger partial charge in [-0.3, -0.25) is 0 Å². The van der Waals surface area contributed by atoms with Gasteiger partial charge in [-0.2, -0.15) is 0 Å². The number of fused-ring (bicyclic) bond motifs is 1. The molecule has 0 aliphatic carbocycles. The third-order valence-corrected chi connectivity index (χ3v) is 4.30. The molecule has 3 rings (SSSR count). The van der Waals surface area contributed by atoms with Crippen LogP contribution in [0.4, 0.5) is 0 Å². The van der Waals surface area contributed by atoms with Crippen LogP contribution in [-0.4, -0.2) is 30.9 Å². The van der Waals surface area contributed by atoms with Crippen molar-refractivity contribution >= 4 is 0 Å². The third-order valence-electron chi connectivity index (χ3n) is 4.30. The SMILES string of the molecule is COc1cc2c(cc1C(O)C1CCCCN1)OC(C)C2. The second kappa shape index (κ2) is 5.62. The Morgan fingerprint density at radius 2 is 2.25 bits per heavy atom. The van der Waals surface area contributed by atoms with Crippen LogP contribution in [-0.2, 0) is 6.42 Å². The van der Waals surface area contributed by atoms with Crippen molar-refractivity contribution in [3.05, 3.63) is 23.3 Å². The predicted molar refractivity (Wildman–Crippen MR) is 77.4 cm³/mol. The van der Waals surface area contributed by atoms with Crippen LogP contribution in [0.1, 0.15) is 43.4 Å².